The summed E-state index contributed by atoms with van der Waals surface area (Å²) >= 11 is 1.30. The van der Waals surface area contributed by atoms with Crippen molar-refractivity contribution >= 4 is 34.6 Å². The van der Waals surface area contributed by atoms with Gasteiger partial charge in [-0.2, -0.15) is 5.10 Å². The molecule has 12 heteroatoms. The largest absolute Gasteiger partial charge is 0.475 e. The van der Waals surface area contributed by atoms with Gasteiger partial charge in [0.2, 0.25) is 11.8 Å². The Kier molecular flexibility index (Phi) is 7.28. The molecule has 0 fully saturated rings. The van der Waals surface area contributed by atoms with Gasteiger partial charge >= 0.3 is 0 Å². The minimum absolute atomic E-state index is 0.0580. The SMILES string of the molecule is CN(C)C(=O)Cn1cc2c(n1)C(=O)CCCOCCOc1cc(ccn1)-c1nc(cs1)C(=O)N2. The van der Waals surface area contributed by atoms with E-state index in [0.29, 0.717) is 37.1 Å². The molecule has 1 aliphatic heterocycles. The molecule has 34 heavy (non-hydrogen) atoms. The molecule has 0 aliphatic carbocycles. The van der Waals surface area contributed by atoms with Crippen LogP contribution in [-0.2, 0) is 16.1 Å². The van der Waals surface area contributed by atoms with Crippen LogP contribution < -0.4 is 10.1 Å². The van der Waals surface area contributed by atoms with Gasteiger partial charge in [-0.25, -0.2) is 9.97 Å². The highest BCUT2D eigenvalue weighted by Gasteiger charge is 2.22. The van der Waals surface area contributed by atoms with Crippen molar-refractivity contribution < 1.29 is 23.9 Å². The molecule has 4 bridgehead atoms. The number of ether oxygens (including phenoxy) is 2. The molecule has 0 saturated heterocycles. The normalized spacial score (nSPS) is 14.9. The van der Waals surface area contributed by atoms with Crippen LogP contribution in [0.3, 0.4) is 0 Å². The lowest BCUT2D eigenvalue weighted by molar-refractivity contribution is -0.129. The van der Waals surface area contributed by atoms with E-state index in [0.717, 1.165) is 5.56 Å². The van der Waals surface area contributed by atoms with E-state index in [1.54, 1.807) is 37.8 Å². The first-order valence-corrected chi connectivity index (χ1v) is 11.5. The van der Waals surface area contributed by atoms with Crippen molar-refractivity contribution in [2.24, 2.45) is 0 Å². The highest BCUT2D eigenvalue weighted by molar-refractivity contribution is 7.13. The highest BCUT2D eigenvalue weighted by Crippen LogP contribution is 2.26. The summed E-state index contributed by atoms with van der Waals surface area (Å²) in [4.78, 5) is 47.9. The number of hydrogen-bond acceptors (Lipinski definition) is 9. The summed E-state index contributed by atoms with van der Waals surface area (Å²) in [7, 11) is 3.27. The van der Waals surface area contributed by atoms with Crippen LogP contribution in [0.15, 0.2) is 29.9 Å². The first-order valence-electron chi connectivity index (χ1n) is 10.7. The van der Waals surface area contributed by atoms with Crippen molar-refractivity contribution in [1.29, 1.82) is 0 Å². The average molecular weight is 485 g/mol. The van der Waals surface area contributed by atoms with Crippen molar-refractivity contribution in [3.8, 4) is 16.5 Å². The van der Waals surface area contributed by atoms with Gasteiger partial charge in [0, 0.05) is 56.5 Å². The van der Waals surface area contributed by atoms with E-state index in [-0.39, 0.29) is 41.7 Å². The summed E-state index contributed by atoms with van der Waals surface area (Å²) in [5.41, 5.74) is 1.29. The smallest absolute Gasteiger partial charge is 0.275 e. The van der Waals surface area contributed by atoms with Crippen LogP contribution in [0.1, 0.15) is 33.8 Å². The fourth-order valence-corrected chi connectivity index (χ4v) is 3.96. The number of likely N-dealkylation sites (N-methyl/N-ethyl adjacent to an activating group) is 1. The zero-order valence-electron chi connectivity index (χ0n) is 18.8. The van der Waals surface area contributed by atoms with E-state index in [1.807, 2.05) is 0 Å². The maximum Gasteiger partial charge on any atom is 0.275 e. The number of fused-ring (bicyclic) bond motifs is 6. The number of nitrogens with zero attached hydrogens (tertiary/aromatic N) is 5. The lowest BCUT2D eigenvalue weighted by Gasteiger charge is -2.09. The van der Waals surface area contributed by atoms with Gasteiger partial charge in [-0.15, -0.1) is 11.3 Å². The summed E-state index contributed by atoms with van der Waals surface area (Å²) in [6.07, 6.45) is 3.75. The molecular formula is C22H24N6O5S. The van der Waals surface area contributed by atoms with Gasteiger partial charge in [0.25, 0.3) is 5.91 Å². The second-order valence-electron chi connectivity index (χ2n) is 7.74. The number of aromatic nitrogens is 4. The van der Waals surface area contributed by atoms with Gasteiger partial charge in [-0.1, -0.05) is 0 Å². The first-order chi connectivity index (χ1) is 16.4. The van der Waals surface area contributed by atoms with E-state index in [2.05, 4.69) is 20.4 Å². The molecule has 1 N–H and O–H groups in total. The van der Waals surface area contributed by atoms with Crippen molar-refractivity contribution in [1.82, 2.24) is 24.6 Å². The van der Waals surface area contributed by atoms with Crippen LogP contribution in [0.5, 0.6) is 5.88 Å². The number of hydrogen-bond donors (Lipinski definition) is 1. The molecule has 178 valence electrons. The fourth-order valence-electron chi connectivity index (χ4n) is 3.16. The minimum Gasteiger partial charge on any atom is -0.475 e. The number of nitrogens with one attached hydrogen (secondary N) is 1. The number of Topliss-reactive ketones (excluding diaryl/α,β-unsaturated/α-hetero) is 1. The van der Waals surface area contributed by atoms with Crippen molar-refractivity contribution in [2.45, 2.75) is 19.4 Å². The van der Waals surface area contributed by atoms with Crippen LogP contribution >= 0.6 is 11.3 Å². The van der Waals surface area contributed by atoms with Crippen LogP contribution in [0.4, 0.5) is 5.69 Å². The predicted octanol–water partition coefficient (Wildman–Crippen LogP) is 2.11. The minimum atomic E-state index is -0.481. The molecule has 0 spiro atoms. The quantitative estimate of drug-likeness (QED) is 0.586. The molecule has 0 radical (unpaired) electrons. The van der Waals surface area contributed by atoms with Crippen molar-refractivity contribution in [3.05, 3.63) is 41.3 Å². The molecule has 4 rings (SSSR count). The molecule has 0 atom stereocenters. The Hall–Kier alpha value is -3.64. The lowest BCUT2D eigenvalue weighted by atomic mass is 10.1. The number of ketones is 1. The van der Waals surface area contributed by atoms with Crippen molar-refractivity contribution in [3.63, 3.8) is 0 Å². The fraction of sp³-hybridized carbons (Fsp3) is 0.364. The standard InChI is InChI=1S/C22H24N6O5S/c1-27(2)19(30)12-28-11-15-20(26-28)17(29)4-3-7-32-8-9-33-18-10-14(5-6-23-18)22-25-16(13-34-22)21(31)24-15/h5-6,10-11,13H,3-4,7-9,12H2,1-2H3,(H,24,31). The Balaban J connectivity index is 1.64. The van der Waals surface area contributed by atoms with Crippen LogP contribution in [-0.4, -0.2) is 76.2 Å². The van der Waals surface area contributed by atoms with E-state index >= 15 is 0 Å². The number of carbonyl (C=O) groups excluding carboxylic acids is 3. The molecule has 0 aromatic carbocycles. The third kappa shape index (κ3) is 5.64. The topological polar surface area (TPSA) is 129 Å². The molecule has 0 saturated carbocycles. The maximum absolute atomic E-state index is 12.9. The number of rotatable bonds is 2. The predicted molar refractivity (Wildman–Crippen MR) is 124 cm³/mol. The zero-order valence-corrected chi connectivity index (χ0v) is 19.6. The lowest BCUT2D eigenvalue weighted by Crippen LogP contribution is -2.26. The van der Waals surface area contributed by atoms with Crippen LogP contribution in [0, 0.1) is 0 Å². The third-order valence-electron chi connectivity index (χ3n) is 4.96. The molecule has 3 aromatic heterocycles. The molecule has 3 aromatic rings. The third-order valence-corrected chi connectivity index (χ3v) is 5.85. The second kappa shape index (κ2) is 10.5. The van der Waals surface area contributed by atoms with Crippen molar-refractivity contribution in [2.75, 3.05) is 39.2 Å². The zero-order chi connectivity index (χ0) is 24.1. The Bertz CT molecular complexity index is 1200. The van der Waals surface area contributed by atoms with E-state index in [1.165, 1.54) is 27.1 Å². The van der Waals surface area contributed by atoms with E-state index < -0.39 is 5.91 Å². The Morgan fingerprint density at radius 2 is 2.12 bits per heavy atom. The van der Waals surface area contributed by atoms with Gasteiger partial charge in [-0.3, -0.25) is 19.1 Å². The van der Waals surface area contributed by atoms with Crippen LogP contribution in [0.2, 0.25) is 0 Å². The number of carbonyl (C=O) groups is 3. The van der Waals surface area contributed by atoms with E-state index in [4.69, 9.17) is 9.47 Å². The van der Waals surface area contributed by atoms with Gasteiger partial charge in [0.15, 0.2) is 11.5 Å². The number of amides is 2. The van der Waals surface area contributed by atoms with Gasteiger partial charge in [0.05, 0.1) is 12.3 Å². The van der Waals surface area contributed by atoms with Gasteiger partial charge in [0.1, 0.15) is 23.9 Å². The summed E-state index contributed by atoms with van der Waals surface area (Å²) in [6.45, 7) is 0.969. The summed E-state index contributed by atoms with van der Waals surface area (Å²) < 4.78 is 12.5. The number of pyridine rings is 1. The summed E-state index contributed by atoms with van der Waals surface area (Å²) in [6, 6.07) is 3.54. The molecular weight excluding hydrogens is 460 g/mol. The number of thiazole rings is 1. The maximum atomic E-state index is 12.9. The molecule has 11 nitrogen and oxygen atoms in total. The Morgan fingerprint density at radius 1 is 1.26 bits per heavy atom. The highest BCUT2D eigenvalue weighted by atomic mass is 32.1. The average Bonchev–Trinajstić information content (AvgIpc) is 3.45. The molecule has 2 amide bonds. The van der Waals surface area contributed by atoms with Gasteiger partial charge < -0.3 is 19.7 Å². The van der Waals surface area contributed by atoms with Crippen LogP contribution in [0.25, 0.3) is 10.6 Å². The Morgan fingerprint density at radius 3 is 2.94 bits per heavy atom. The summed E-state index contributed by atoms with van der Waals surface area (Å²) in [5.74, 6) is -0.500. The monoisotopic (exact) mass is 484 g/mol. The van der Waals surface area contributed by atoms with E-state index in [9.17, 15) is 14.4 Å². The molecule has 4 heterocycles. The molecule has 1 aliphatic rings. The first kappa shape index (κ1) is 23.5. The summed E-state index contributed by atoms with van der Waals surface area (Å²) in [5, 5.41) is 9.26. The second-order valence-corrected chi connectivity index (χ2v) is 8.60. The molecule has 0 unspecified atom stereocenters. The van der Waals surface area contributed by atoms with Gasteiger partial charge in [-0.05, 0) is 12.5 Å². The number of anilines is 1. The Labute approximate surface area is 199 Å².